The number of methoxy groups -OCH3 is 1. The fraction of sp³-hybridized carbons (Fsp3) is 0.312. The van der Waals surface area contributed by atoms with E-state index >= 15 is 0 Å². The molecule has 0 fully saturated rings. The first kappa shape index (κ1) is 13.6. The van der Waals surface area contributed by atoms with E-state index in [1.807, 2.05) is 12.1 Å². The number of benzene rings is 1. The lowest BCUT2D eigenvalue weighted by atomic mass is 10.0. The summed E-state index contributed by atoms with van der Waals surface area (Å²) in [7, 11) is 1.64. The Morgan fingerprint density at radius 3 is 2.84 bits per heavy atom. The van der Waals surface area contributed by atoms with Crippen LogP contribution in [-0.4, -0.2) is 18.6 Å². The lowest BCUT2D eigenvalue weighted by Crippen LogP contribution is -2.14. The Labute approximate surface area is 114 Å². The van der Waals surface area contributed by atoms with Gasteiger partial charge in [-0.25, -0.2) is 4.98 Å². The summed E-state index contributed by atoms with van der Waals surface area (Å²) >= 11 is 0. The average Bonchev–Trinajstić information content (AvgIpc) is 2.48. The van der Waals surface area contributed by atoms with Crippen molar-refractivity contribution in [1.29, 1.82) is 0 Å². The summed E-state index contributed by atoms with van der Waals surface area (Å²) in [6.07, 6.45) is 2.93. The van der Waals surface area contributed by atoms with Crippen molar-refractivity contribution in [3.63, 3.8) is 0 Å². The monoisotopic (exact) mass is 256 g/mol. The van der Waals surface area contributed by atoms with E-state index in [9.17, 15) is 0 Å². The van der Waals surface area contributed by atoms with Gasteiger partial charge in [-0.15, -0.1) is 0 Å². The van der Waals surface area contributed by atoms with Crippen LogP contribution in [0, 0.1) is 0 Å². The normalized spacial score (nSPS) is 10.4. The van der Waals surface area contributed by atoms with Crippen LogP contribution in [0.2, 0.25) is 0 Å². The molecule has 1 aromatic carbocycles. The van der Waals surface area contributed by atoms with Crippen LogP contribution in [0.25, 0.3) is 11.1 Å². The van der Waals surface area contributed by atoms with Gasteiger partial charge < -0.3 is 10.1 Å². The van der Waals surface area contributed by atoms with Crippen LogP contribution in [0.5, 0.6) is 5.88 Å². The van der Waals surface area contributed by atoms with E-state index in [1.165, 1.54) is 11.1 Å². The Bertz CT molecular complexity index is 526. The van der Waals surface area contributed by atoms with Crippen molar-refractivity contribution in [3.05, 3.63) is 48.2 Å². The molecule has 0 saturated heterocycles. The van der Waals surface area contributed by atoms with Crippen molar-refractivity contribution in [3.8, 4) is 17.0 Å². The molecule has 0 aliphatic heterocycles. The standard InChI is InChI=1S/C16H20N2O/c1-3-9-17-12-14-6-4-5-7-15(14)13-8-10-18-16(11-13)19-2/h4-8,10-11,17H,3,9,12H2,1-2H3. The van der Waals surface area contributed by atoms with Gasteiger partial charge in [0.25, 0.3) is 0 Å². The Morgan fingerprint density at radius 1 is 1.21 bits per heavy atom. The van der Waals surface area contributed by atoms with Gasteiger partial charge in [-0.1, -0.05) is 31.2 Å². The van der Waals surface area contributed by atoms with Crippen LogP contribution in [0.1, 0.15) is 18.9 Å². The smallest absolute Gasteiger partial charge is 0.213 e. The molecule has 0 aliphatic rings. The fourth-order valence-electron chi connectivity index (χ4n) is 2.04. The van der Waals surface area contributed by atoms with E-state index in [0.29, 0.717) is 5.88 Å². The molecule has 2 rings (SSSR count). The summed E-state index contributed by atoms with van der Waals surface area (Å²) in [4.78, 5) is 4.15. The molecule has 3 nitrogen and oxygen atoms in total. The van der Waals surface area contributed by atoms with Crippen LogP contribution in [0.4, 0.5) is 0 Å². The number of nitrogens with one attached hydrogen (secondary N) is 1. The summed E-state index contributed by atoms with van der Waals surface area (Å²) in [5.74, 6) is 0.647. The van der Waals surface area contributed by atoms with Gasteiger partial charge in [-0.05, 0) is 35.7 Å². The predicted molar refractivity (Wildman–Crippen MR) is 78.2 cm³/mol. The van der Waals surface area contributed by atoms with Crippen molar-refractivity contribution in [2.24, 2.45) is 0 Å². The molecule has 0 amide bonds. The first-order valence-corrected chi connectivity index (χ1v) is 6.64. The highest BCUT2D eigenvalue weighted by Gasteiger charge is 2.05. The Kier molecular flexibility index (Phi) is 4.93. The van der Waals surface area contributed by atoms with E-state index in [1.54, 1.807) is 13.3 Å². The summed E-state index contributed by atoms with van der Waals surface area (Å²) in [6, 6.07) is 12.4. The number of aromatic nitrogens is 1. The Hall–Kier alpha value is -1.87. The highest BCUT2D eigenvalue weighted by Crippen LogP contribution is 2.25. The largest absolute Gasteiger partial charge is 0.481 e. The molecule has 0 unspecified atom stereocenters. The van der Waals surface area contributed by atoms with E-state index in [0.717, 1.165) is 25.1 Å². The minimum atomic E-state index is 0.647. The minimum Gasteiger partial charge on any atom is -0.481 e. The van der Waals surface area contributed by atoms with E-state index in [2.05, 4.69) is 41.5 Å². The first-order chi connectivity index (χ1) is 9.35. The molecule has 3 heteroatoms. The van der Waals surface area contributed by atoms with Crippen LogP contribution in [0.15, 0.2) is 42.6 Å². The number of nitrogens with zero attached hydrogens (tertiary/aromatic N) is 1. The summed E-state index contributed by atoms with van der Waals surface area (Å²) in [6.45, 7) is 4.09. The van der Waals surface area contributed by atoms with Crippen molar-refractivity contribution in [2.45, 2.75) is 19.9 Å². The lowest BCUT2D eigenvalue weighted by Gasteiger charge is -2.11. The van der Waals surface area contributed by atoms with Crippen LogP contribution >= 0.6 is 0 Å². The molecule has 0 bridgehead atoms. The van der Waals surface area contributed by atoms with Crippen molar-refractivity contribution < 1.29 is 4.74 Å². The van der Waals surface area contributed by atoms with Gasteiger partial charge in [0.2, 0.25) is 5.88 Å². The number of rotatable bonds is 6. The van der Waals surface area contributed by atoms with E-state index in [4.69, 9.17) is 4.74 Å². The summed E-state index contributed by atoms with van der Waals surface area (Å²) < 4.78 is 5.19. The molecular weight excluding hydrogens is 236 g/mol. The van der Waals surface area contributed by atoms with Gasteiger partial charge in [0.05, 0.1) is 7.11 Å². The zero-order valence-corrected chi connectivity index (χ0v) is 11.5. The molecule has 0 radical (unpaired) electrons. The first-order valence-electron chi connectivity index (χ1n) is 6.64. The van der Waals surface area contributed by atoms with E-state index in [-0.39, 0.29) is 0 Å². The molecule has 100 valence electrons. The lowest BCUT2D eigenvalue weighted by molar-refractivity contribution is 0.398. The van der Waals surface area contributed by atoms with Gasteiger partial charge in [0.15, 0.2) is 0 Å². The second-order valence-electron chi connectivity index (χ2n) is 4.42. The maximum atomic E-state index is 5.19. The molecule has 0 spiro atoms. The quantitative estimate of drug-likeness (QED) is 0.806. The van der Waals surface area contributed by atoms with Gasteiger partial charge >= 0.3 is 0 Å². The Morgan fingerprint density at radius 2 is 2.05 bits per heavy atom. The van der Waals surface area contributed by atoms with Gasteiger partial charge in [-0.2, -0.15) is 0 Å². The zero-order valence-electron chi connectivity index (χ0n) is 11.5. The van der Waals surface area contributed by atoms with Crippen LogP contribution < -0.4 is 10.1 Å². The highest BCUT2D eigenvalue weighted by atomic mass is 16.5. The molecule has 1 aromatic heterocycles. The third kappa shape index (κ3) is 3.55. The van der Waals surface area contributed by atoms with Gasteiger partial charge in [0, 0.05) is 18.8 Å². The average molecular weight is 256 g/mol. The van der Waals surface area contributed by atoms with Crippen LogP contribution in [-0.2, 0) is 6.54 Å². The SMILES string of the molecule is CCCNCc1ccccc1-c1ccnc(OC)c1. The molecule has 0 atom stereocenters. The van der Waals surface area contributed by atoms with Crippen LogP contribution in [0.3, 0.4) is 0 Å². The molecule has 0 aliphatic carbocycles. The minimum absolute atomic E-state index is 0.647. The molecular formula is C16H20N2O. The third-order valence-corrected chi connectivity index (χ3v) is 3.01. The zero-order chi connectivity index (χ0) is 13.5. The van der Waals surface area contributed by atoms with Crippen molar-refractivity contribution in [2.75, 3.05) is 13.7 Å². The maximum absolute atomic E-state index is 5.19. The van der Waals surface area contributed by atoms with Crippen molar-refractivity contribution >= 4 is 0 Å². The number of hydrogen-bond donors (Lipinski definition) is 1. The van der Waals surface area contributed by atoms with Gasteiger partial charge in [0.1, 0.15) is 0 Å². The van der Waals surface area contributed by atoms with E-state index < -0.39 is 0 Å². The maximum Gasteiger partial charge on any atom is 0.213 e. The number of ether oxygens (including phenoxy) is 1. The predicted octanol–water partition coefficient (Wildman–Crippen LogP) is 3.26. The molecule has 19 heavy (non-hydrogen) atoms. The summed E-state index contributed by atoms with van der Waals surface area (Å²) in [5, 5.41) is 3.44. The second kappa shape index (κ2) is 6.90. The molecule has 0 saturated carbocycles. The number of pyridine rings is 1. The van der Waals surface area contributed by atoms with Gasteiger partial charge in [-0.3, -0.25) is 0 Å². The molecule has 1 heterocycles. The third-order valence-electron chi connectivity index (χ3n) is 3.01. The van der Waals surface area contributed by atoms with Crippen molar-refractivity contribution in [1.82, 2.24) is 10.3 Å². The fourth-order valence-corrected chi connectivity index (χ4v) is 2.04. The Balaban J connectivity index is 2.27. The second-order valence-corrected chi connectivity index (χ2v) is 4.42. The molecule has 2 aromatic rings. The topological polar surface area (TPSA) is 34.2 Å². The molecule has 1 N–H and O–H groups in total. The highest BCUT2D eigenvalue weighted by molar-refractivity contribution is 5.67. The number of hydrogen-bond acceptors (Lipinski definition) is 3. The summed E-state index contributed by atoms with van der Waals surface area (Å²) in [5.41, 5.74) is 3.66.